The van der Waals surface area contributed by atoms with Gasteiger partial charge in [-0.3, -0.25) is 42.5 Å². The Morgan fingerprint density at radius 3 is 0.930 bits per heavy atom. The highest BCUT2D eigenvalue weighted by Crippen LogP contribution is 2.48. The van der Waals surface area contributed by atoms with Crippen molar-refractivity contribution in [3.8, 4) is 0 Å². The van der Waals surface area contributed by atoms with Gasteiger partial charge in [0, 0.05) is 0 Å². The normalized spacial score (nSPS) is 56.3. The minimum Gasteiger partial charge on any atom is -0.286 e. The fourth-order valence-electron chi connectivity index (χ4n) is 12.4. The van der Waals surface area contributed by atoms with Crippen LogP contribution in [0.4, 0.5) is 0 Å². The maximum absolute atomic E-state index is 6.76. The van der Waals surface area contributed by atoms with Crippen LogP contribution >= 0.6 is 23.2 Å². The summed E-state index contributed by atoms with van der Waals surface area (Å²) in [6, 6.07) is 0. The molecule has 9 aliphatic rings. The fraction of sp³-hybridized carbons (Fsp3) is 1.00. The molecule has 17 unspecified atom stereocenters. The Hall–Kier alpha value is 0.260. The molecule has 0 aromatic rings. The topological polar surface area (TPSA) is 96.2 Å². The predicted octanol–water partition coefficient (Wildman–Crippen LogP) is 3.64. The molecule has 8 nitrogen and oxygen atoms in total. The molecule has 0 radical (unpaired) electrons. The van der Waals surface area contributed by atoms with E-state index in [2.05, 4.69) is 42.5 Å². The van der Waals surface area contributed by atoms with Crippen molar-refractivity contribution in [3.05, 3.63) is 0 Å². The minimum absolute atomic E-state index is 0.216. The lowest BCUT2D eigenvalue weighted by molar-refractivity contribution is 0.129. The summed E-state index contributed by atoms with van der Waals surface area (Å²) >= 11 is 13.5. The van der Waals surface area contributed by atoms with Crippen molar-refractivity contribution >= 4 is 23.2 Å². The van der Waals surface area contributed by atoms with Gasteiger partial charge in [0.2, 0.25) is 0 Å². The average molecular weight is 636 g/mol. The van der Waals surface area contributed by atoms with Crippen molar-refractivity contribution in [1.29, 1.82) is 0 Å². The van der Waals surface area contributed by atoms with Gasteiger partial charge in [-0.25, -0.2) is 0 Å². The second-order valence-corrected chi connectivity index (χ2v) is 17.3. The van der Waals surface area contributed by atoms with Crippen LogP contribution in [0.2, 0.25) is 0 Å². The highest BCUT2D eigenvalue weighted by atomic mass is 35.5. The van der Waals surface area contributed by atoms with Gasteiger partial charge in [0.1, 0.15) is 4.84 Å². The lowest BCUT2D eigenvalue weighted by Gasteiger charge is -2.40. The number of fused-ring (bicyclic) bond motifs is 20. The van der Waals surface area contributed by atoms with Crippen molar-refractivity contribution in [1.82, 2.24) is 42.5 Å². The Labute approximate surface area is 268 Å². The standard InChI is InChI=1S/C33H56Cl2N8/c34-25(35)22-14-7-15-23-24(22)33-42-31-21-13-6-5-12-20(21)29(40-31)38-27-17-9-2-1-8-16(17)26(36-27)37-28-18-10-3-4-11-19(18)30(39-28)41-32(23)43-33/h16-33,36-43H,1-15H2. The van der Waals surface area contributed by atoms with Crippen LogP contribution in [-0.2, 0) is 0 Å². The third-order valence-electron chi connectivity index (χ3n) is 14.3. The van der Waals surface area contributed by atoms with Crippen molar-refractivity contribution in [2.45, 2.75) is 150 Å². The van der Waals surface area contributed by atoms with Crippen LogP contribution in [0, 0.1) is 53.3 Å². The van der Waals surface area contributed by atoms with E-state index in [4.69, 9.17) is 23.2 Å². The van der Waals surface area contributed by atoms with Crippen LogP contribution in [0.15, 0.2) is 0 Å². The molecule has 0 aromatic carbocycles. The zero-order valence-corrected chi connectivity index (χ0v) is 27.3. The van der Waals surface area contributed by atoms with E-state index in [1.54, 1.807) is 0 Å². The predicted molar refractivity (Wildman–Crippen MR) is 172 cm³/mol. The molecule has 17 atom stereocenters. The Morgan fingerprint density at radius 1 is 0.326 bits per heavy atom. The number of rotatable bonds is 1. The summed E-state index contributed by atoms with van der Waals surface area (Å²) in [7, 11) is 0. The van der Waals surface area contributed by atoms with E-state index in [-0.39, 0.29) is 17.2 Å². The quantitative estimate of drug-likeness (QED) is 0.207. The lowest BCUT2D eigenvalue weighted by Crippen LogP contribution is -2.61. The van der Waals surface area contributed by atoms with E-state index in [1.807, 2.05) is 0 Å². The fourth-order valence-corrected chi connectivity index (χ4v) is 13.0. The summed E-state index contributed by atoms with van der Waals surface area (Å²) in [5.41, 5.74) is 0. The number of hydrogen-bond donors (Lipinski definition) is 8. The van der Waals surface area contributed by atoms with Crippen LogP contribution in [0.25, 0.3) is 0 Å². The van der Waals surface area contributed by atoms with Gasteiger partial charge in [0.25, 0.3) is 0 Å². The van der Waals surface area contributed by atoms with Crippen LogP contribution in [-0.4, -0.2) is 54.2 Å². The largest absolute Gasteiger partial charge is 0.286 e. The molecule has 4 aliphatic carbocycles. The van der Waals surface area contributed by atoms with Crippen molar-refractivity contribution in [2.24, 2.45) is 53.3 Å². The molecule has 5 heterocycles. The van der Waals surface area contributed by atoms with E-state index in [0.29, 0.717) is 90.3 Å². The molecule has 5 saturated heterocycles. The summed E-state index contributed by atoms with van der Waals surface area (Å²) < 4.78 is 0. The molecular formula is C33H56Cl2N8. The molecule has 4 saturated carbocycles. The van der Waals surface area contributed by atoms with Gasteiger partial charge in [-0.15, -0.1) is 23.2 Å². The third-order valence-corrected chi connectivity index (χ3v) is 14.9. The summed E-state index contributed by atoms with van der Waals surface area (Å²) in [5.74, 6) is 5.46. The smallest absolute Gasteiger partial charge is 0.111 e. The highest BCUT2D eigenvalue weighted by Gasteiger charge is 2.56. The first-order chi connectivity index (χ1) is 21.1. The van der Waals surface area contributed by atoms with Crippen molar-refractivity contribution in [3.63, 3.8) is 0 Å². The molecule has 8 N–H and O–H groups in total. The Kier molecular flexibility index (Phi) is 8.24. The van der Waals surface area contributed by atoms with E-state index < -0.39 is 0 Å². The summed E-state index contributed by atoms with van der Waals surface area (Å²) in [4.78, 5) is -0.314. The molecule has 43 heavy (non-hydrogen) atoms. The second kappa shape index (κ2) is 12.1. The zero-order chi connectivity index (χ0) is 28.7. The van der Waals surface area contributed by atoms with Gasteiger partial charge in [0.05, 0.1) is 49.3 Å². The number of hydrogen-bond acceptors (Lipinski definition) is 8. The Morgan fingerprint density at radius 2 is 0.605 bits per heavy atom. The molecule has 8 bridgehead atoms. The first-order valence-electron chi connectivity index (χ1n) is 18.5. The van der Waals surface area contributed by atoms with Crippen LogP contribution in [0.1, 0.15) is 96.3 Å². The van der Waals surface area contributed by atoms with E-state index in [1.165, 1.54) is 89.9 Å². The van der Waals surface area contributed by atoms with Crippen molar-refractivity contribution < 1.29 is 0 Å². The molecule has 0 amide bonds. The van der Waals surface area contributed by atoms with Gasteiger partial charge in [-0.05, 0) is 105 Å². The van der Waals surface area contributed by atoms with Crippen LogP contribution in [0.5, 0.6) is 0 Å². The summed E-state index contributed by atoms with van der Waals surface area (Å²) in [5, 5.41) is 33.6. The molecule has 0 spiro atoms. The van der Waals surface area contributed by atoms with Crippen LogP contribution in [0.3, 0.4) is 0 Å². The molecule has 5 aliphatic heterocycles. The van der Waals surface area contributed by atoms with Gasteiger partial charge >= 0.3 is 0 Å². The van der Waals surface area contributed by atoms with Gasteiger partial charge < -0.3 is 0 Å². The second-order valence-electron chi connectivity index (χ2n) is 16.2. The Bertz CT molecular complexity index is 1000. The first-order valence-corrected chi connectivity index (χ1v) is 19.4. The van der Waals surface area contributed by atoms with E-state index in [0.717, 1.165) is 6.42 Å². The summed E-state index contributed by atoms with van der Waals surface area (Å²) in [6.45, 7) is 0. The van der Waals surface area contributed by atoms with Gasteiger partial charge in [-0.1, -0.05) is 44.9 Å². The molecule has 10 heteroatoms. The highest BCUT2D eigenvalue weighted by molar-refractivity contribution is 6.44. The Balaban J connectivity index is 1.07. The maximum Gasteiger partial charge on any atom is 0.111 e. The molecule has 9 fully saturated rings. The average Bonchev–Trinajstić information content (AvgIpc) is 3.76. The van der Waals surface area contributed by atoms with Crippen molar-refractivity contribution in [2.75, 3.05) is 0 Å². The summed E-state index contributed by atoms with van der Waals surface area (Å²) in [6.07, 6.45) is 22.4. The van der Waals surface area contributed by atoms with Crippen LogP contribution < -0.4 is 42.5 Å². The first kappa shape index (κ1) is 29.4. The molecular weight excluding hydrogens is 579 g/mol. The van der Waals surface area contributed by atoms with Gasteiger partial charge in [-0.2, -0.15) is 0 Å². The SMILES string of the molecule is ClC(Cl)C1CCCC2C3NC4NC(NC5NC(NC6NC(NC(N3)C12)C1CCCCC61)C1CCCCC51)C1CCCCC41. The molecule has 242 valence electrons. The zero-order valence-electron chi connectivity index (χ0n) is 25.8. The number of halogens is 2. The number of nitrogens with one attached hydrogen (secondary N) is 8. The van der Waals surface area contributed by atoms with E-state index >= 15 is 0 Å². The van der Waals surface area contributed by atoms with E-state index in [9.17, 15) is 0 Å². The maximum atomic E-state index is 6.76. The molecule has 0 aromatic heterocycles. The lowest BCUT2D eigenvalue weighted by atomic mass is 9.72. The molecule has 9 rings (SSSR count). The third kappa shape index (κ3) is 5.16. The van der Waals surface area contributed by atoms with Gasteiger partial charge in [0.15, 0.2) is 0 Å². The monoisotopic (exact) mass is 634 g/mol. The number of alkyl halides is 2. The minimum atomic E-state index is -0.314.